The van der Waals surface area contributed by atoms with E-state index in [4.69, 9.17) is 0 Å². The van der Waals surface area contributed by atoms with Gasteiger partial charge in [0.15, 0.2) is 0 Å². The minimum atomic E-state index is 0.570. The molecule has 0 amide bonds. The molecule has 0 radical (unpaired) electrons. The van der Waals surface area contributed by atoms with Crippen molar-refractivity contribution in [3.05, 3.63) is 29.8 Å². The molecule has 1 aromatic carbocycles. The van der Waals surface area contributed by atoms with Crippen molar-refractivity contribution in [2.75, 3.05) is 18.0 Å². The van der Waals surface area contributed by atoms with Crippen molar-refractivity contribution >= 4 is 5.69 Å². The minimum absolute atomic E-state index is 0.570. The van der Waals surface area contributed by atoms with Crippen LogP contribution in [0.1, 0.15) is 52.5 Å². The van der Waals surface area contributed by atoms with Crippen molar-refractivity contribution in [3.63, 3.8) is 0 Å². The van der Waals surface area contributed by atoms with Gasteiger partial charge < -0.3 is 10.2 Å². The first-order valence-electron chi connectivity index (χ1n) is 8.25. The molecule has 0 aliphatic heterocycles. The van der Waals surface area contributed by atoms with E-state index in [0.29, 0.717) is 12.1 Å². The van der Waals surface area contributed by atoms with E-state index in [0.717, 1.165) is 13.1 Å². The number of anilines is 1. The lowest BCUT2D eigenvalue weighted by atomic mass is 9.97. The fraction of sp³-hybridized carbons (Fsp3) is 0.667. The molecule has 0 aliphatic carbocycles. The van der Waals surface area contributed by atoms with Gasteiger partial charge in [0.1, 0.15) is 0 Å². The molecule has 2 unspecified atom stereocenters. The van der Waals surface area contributed by atoms with Crippen LogP contribution in [0.3, 0.4) is 0 Å². The molecule has 114 valence electrons. The molecule has 1 aromatic rings. The lowest BCUT2D eigenvalue weighted by Crippen LogP contribution is -2.50. The van der Waals surface area contributed by atoms with Gasteiger partial charge in [-0.05, 0) is 44.9 Å². The Morgan fingerprint density at radius 3 is 2.30 bits per heavy atom. The molecule has 0 fully saturated rings. The lowest BCUT2D eigenvalue weighted by molar-refractivity contribution is 0.384. The van der Waals surface area contributed by atoms with Gasteiger partial charge in [-0.25, -0.2) is 0 Å². The molecule has 2 nitrogen and oxygen atoms in total. The number of likely N-dealkylation sites (N-methyl/N-ethyl adjacent to an activating group) is 2. The number of aryl methyl sites for hydroxylation is 1. The quantitative estimate of drug-likeness (QED) is 0.720. The van der Waals surface area contributed by atoms with Crippen LogP contribution in [0.2, 0.25) is 0 Å². The van der Waals surface area contributed by atoms with Crippen LogP contribution < -0.4 is 10.2 Å². The highest BCUT2D eigenvalue weighted by Crippen LogP contribution is 2.25. The zero-order chi connectivity index (χ0) is 15.0. The Morgan fingerprint density at radius 2 is 1.80 bits per heavy atom. The highest BCUT2D eigenvalue weighted by molar-refractivity contribution is 5.54. The highest BCUT2D eigenvalue weighted by atomic mass is 15.2. The second-order valence-electron chi connectivity index (χ2n) is 5.50. The van der Waals surface area contributed by atoms with Crippen LogP contribution in [0.25, 0.3) is 0 Å². The maximum atomic E-state index is 3.70. The van der Waals surface area contributed by atoms with E-state index in [1.54, 1.807) is 0 Å². The van der Waals surface area contributed by atoms with E-state index in [1.807, 2.05) is 0 Å². The minimum Gasteiger partial charge on any atom is -0.367 e. The molecule has 0 spiro atoms. The number of nitrogens with zero attached hydrogens (tertiary/aromatic N) is 1. The van der Waals surface area contributed by atoms with Crippen molar-refractivity contribution in [3.8, 4) is 0 Å². The van der Waals surface area contributed by atoms with Crippen molar-refractivity contribution in [2.24, 2.45) is 0 Å². The van der Waals surface area contributed by atoms with E-state index < -0.39 is 0 Å². The molecule has 2 atom stereocenters. The van der Waals surface area contributed by atoms with E-state index in [9.17, 15) is 0 Å². The third-order valence-corrected chi connectivity index (χ3v) is 4.11. The van der Waals surface area contributed by atoms with E-state index in [2.05, 4.69) is 69.1 Å². The lowest BCUT2D eigenvalue weighted by Gasteiger charge is -2.39. The Labute approximate surface area is 125 Å². The molecule has 0 aromatic heterocycles. The van der Waals surface area contributed by atoms with Crippen LogP contribution in [0.15, 0.2) is 24.3 Å². The summed E-state index contributed by atoms with van der Waals surface area (Å²) in [4.78, 5) is 2.58. The third kappa shape index (κ3) is 4.24. The van der Waals surface area contributed by atoms with Gasteiger partial charge >= 0.3 is 0 Å². The molecule has 2 heteroatoms. The molecule has 0 aliphatic rings. The van der Waals surface area contributed by atoms with Crippen LogP contribution >= 0.6 is 0 Å². The fourth-order valence-corrected chi connectivity index (χ4v) is 3.19. The molecule has 1 rings (SSSR count). The van der Waals surface area contributed by atoms with Crippen molar-refractivity contribution in [1.29, 1.82) is 0 Å². The molecular weight excluding hydrogens is 244 g/mol. The van der Waals surface area contributed by atoms with Gasteiger partial charge in [0.05, 0.1) is 0 Å². The topological polar surface area (TPSA) is 15.3 Å². The van der Waals surface area contributed by atoms with Gasteiger partial charge in [-0.1, -0.05) is 45.4 Å². The summed E-state index contributed by atoms with van der Waals surface area (Å²) in [6.07, 6.45) is 3.66. The van der Waals surface area contributed by atoms with E-state index >= 15 is 0 Å². The number of hydrogen-bond donors (Lipinski definition) is 1. The van der Waals surface area contributed by atoms with Crippen LogP contribution in [-0.4, -0.2) is 25.2 Å². The predicted octanol–water partition coefficient (Wildman–Crippen LogP) is 4.38. The van der Waals surface area contributed by atoms with Crippen LogP contribution in [0, 0.1) is 6.92 Å². The SMILES string of the molecule is CCCC(NCC)C(CC)N(CC)c1ccccc1C. The van der Waals surface area contributed by atoms with Gasteiger partial charge in [-0.3, -0.25) is 0 Å². The Balaban J connectivity index is 3.01. The van der Waals surface area contributed by atoms with Crippen LogP contribution in [-0.2, 0) is 0 Å². The number of nitrogens with one attached hydrogen (secondary N) is 1. The molecule has 0 saturated heterocycles. The number of benzene rings is 1. The molecule has 1 N–H and O–H groups in total. The largest absolute Gasteiger partial charge is 0.367 e. The maximum Gasteiger partial charge on any atom is 0.0440 e. The van der Waals surface area contributed by atoms with Crippen molar-refractivity contribution in [1.82, 2.24) is 5.32 Å². The first-order valence-corrected chi connectivity index (χ1v) is 8.25. The molecule has 0 saturated carbocycles. The summed E-state index contributed by atoms with van der Waals surface area (Å²) in [6.45, 7) is 13.4. The maximum absolute atomic E-state index is 3.70. The second-order valence-corrected chi connectivity index (χ2v) is 5.50. The molecule has 20 heavy (non-hydrogen) atoms. The first kappa shape index (κ1) is 17.0. The van der Waals surface area contributed by atoms with Gasteiger partial charge in [0, 0.05) is 24.3 Å². The summed E-state index contributed by atoms with van der Waals surface area (Å²) in [5, 5.41) is 3.70. The van der Waals surface area contributed by atoms with Crippen LogP contribution in [0.4, 0.5) is 5.69 Å². The summed E-state index contributed by atoms with van der Waals surface area (Å²) in [5.74, 6) is 0. The Hall–Kier alpha value is -1.02. The van der Waals surface area contributed by atoms with Crippen LogP contribution in [0.5, 0.6) is 0 Å². The normalized spacial score (nSPS) is 14.1. The van der Waals surface area contributed by atoms with Gasteiger partial charge in [0.2, 0.25) is 0 Å². The summed E-state index contributed by atoms with van der Waals surface area (Å²) >= 11 is 0. The first-order chi connectivity index (χ1) is 9.69. The van der Waals surface area contributed by atoms with Gasteiger partial charge in [0.25, 0.3) is 0 Å². The Morgan fingerprint density at radius 1 is 1.10 bits per heavy atom. The number of rotatable bonds is 9. The summed E-state index contributed by atoms with van der Waals surface area (Å²) < 4.78 is 0. The standard InChI is InChI=1S/C18H32N2/c1-6-12-16(19-8-3)17(7-2)20(9-4)18-14-11-10-13-15(18)5/h10-11,13-14,16-17,19H,6-9,12H2,1-5H3. The monoisotopic (exact) mass is 276 g/mol. The summed E-state index contributed by atoms with van der Waals surface area (Å²) in [6, 6.07) is 9.90. The van der Waals surface area contributed by atoms with Crippen molar-refractivity contribution < 1.29 is 0 Å². The average molecular weight is 276 g/mol. The zero-order valence-electron chi connectivity index (χ0n) is 13.9. The average Bonchev–Trinajstić information content (AvgIpc) is 2.45. The fourth-order valence-electron chi connectivity index (χ4n) is 3.19. The number of hydrogen-bond acceptors (Lipinski definition) is 2. The molecule has 0 heterocycles. The summed E-state index contributed by atoms with van der Waals surface area (Å²) in [7, 11) is 0. The summed E-state index contributed by atoms with van der Waals surface area (Å²) in [5.41, 5.74) is 2.76. The Kier molecular flexibility index (Phi) is 7.68. The zero-order valence-corrected chi connectivity index (χ0v) is 13.9. The molecular formula is C18H32N2. The third-order valence-electron chi connectivity index (χ3n) is 4.11. The van der Waals surface area contributed by atoms with Crippen molar-refractivity contribution in [2.45, 2.75) is 66.0 Å². The highest BCUT2D eigenvalue weighted by Gasteiger charge is 2.25. The smallest absolute Gasteiger partial charge is 0.0440 e. The van der Waals surface area contributed by atoms with Gasteiger partial charge in [-0.15, -0.1) is 0 Å². The van der Waals surface area contributed by atoms with E-state index in [-0.39, 0.29) is 0 Å². The number of para-hydroxylation sites is 1. The predicted molar refractivity (Wildman–Crippen MR) is 90.7 cm³/mol. The van der Waals surface area contributed by atoms with Gasteiger partial charge in [-0.2, -0.15) is 0 Å². The van der Waals surface area contributed by atoms with E-state index in [1.165, 1.54) is 30.5 Å². The molecule has 0 bridgehead atoms. The Bertz CT molecular complexity index is 369. The second kappa shape index (κ2) is 9.02.